The molecule has 2 unspecified atom stereocenters. The fraction of sp³-hybridized carbons (Fsp3) is 0.500. The summed E-state index contributed by atoms with van der Waals surface area (Å²) in [5.41, 5.74) is 0.394. The van der Waals surface area contributed by atoms with Crippen LogP contribution in [0.25, 0.3) is 0 Å². The van der Waals surface area contributed by atoms with Gasteiger partial charge < -0.3 is 15.4 Å². The third kappa shape index (κ3) is 5.53. The maximum absolute atomic E-state index is 13.6. The molecule has 1 rings (SSSR count). The van der Waals surface area contributed by atoms with Gasteiger partial charge in [-0.25, -0.2) is 9.18 Å². The van der Waals surface area contributed by atoms with Crippen molar-refractivity contribution < 1.29 is 18.7 Å². The molecule has 2 amide bonds. The Bertz CT molecular complexity index is 611. The smallest absolute Gasteiger partial charge is 0.407 e. The first-order chi connectivity index (χ1) is 11.2. The Morgan fingerprint density at radius 1 is 1.17 bits per heavy atom. The van der Waals surface area contributed by atoms with Gasteiger partial charge in [-0.15, -0.1) is 0 Å². The number of benzene rings is 1. The number of halogens is 3. The fourth-order valence-electron chi connectivity index (χ4n) is 2.09. The lowest BCUT2D eigenvalue weighted by atomic mass is 10.0. The lowest BCUT2D eigenvalue weighted by Gasteiger charge is -2.24. The Morgan fingerprint density at radius 3 is 2.33 bits per heavy atom. The molecule has 0 bridgehead atoms. The highest BCUT2D eigenvalue weighted by atomic mass is 35.5. The molecule has 0 saturated carbocycles. The summed E-state index contributed by atoms with van der Waals surface area (Å²) in [5.74, 6) is -1.21. The lowest BCUT2D eigenvalue weighted by Crippen LogP contribution is -2.50. The minimum Gasteiger partial charge on any atom is -0.450 e. The van der Waals surface area contributed by atoms with Gasteiger partial charge in [-0.05, 0) is 37.5 Å². The van der Waals surface area contributed by atoms with Crippen LogP contribution in [0, 0.1) is 11.7 Å². The van der Waals surface area contributed by atoms with E-state index < -0.39 is 29.9 Å². The van der Waals surface area contributed by atoms with Gasteiger partial charge >= 0.3 is 6.09 Å². The molecule has 2 N–H and O–H groups in total. The molecule has 0 aliphatic heterocycles. The molecule has 1 aromatic carbocycles. The van der Waals surface area contributed by atoms with Crippen molar-refractivity contribution in [1.29, 1.82) is 0 Å². The van der Waals surface area contributed by atoms with Crippen molar-refractivity contribution in [2.24, 2.45) is 5.92 Å². The molecular weight excluding hydrogens is 358 g/mol. The number of ether oxygens (including phenoxy) is 1. The molecule has 134 valence electrons. The Hall–Kier alpha value is -1.53. The van der Waals surface area contributed by atoms with Crippen molar-refractivity contribution in [1.82, 2.24) is 10.6 Å². The Labute approximate surface area is 150 Å². The standard InChI is InChI=1S/C16H21Cl2FN2O3/c1-5-24-16(23)21-14(8(2)3)15(22)20-9(4)10-6-13(19)12(18)7-11(10)17/h6-9,14H,5H2,1-4H3,(H,20,22)(H,21,23). The van der Waals surface area contributed by atoms with Gasteiger partial charge in [-0.2, -0.15) is 0 Å². The predicted molar refractivity (Wildman–Crippen MR) is 91.8 cm³/mol. The number of alkyl carbamates (subject to hydrolysis) is 1. The van der Waals surface area contributed by atoms with Crippen molar-refractivity contribution in [3.63, 3.8) is 0 Å². The van der Waals surface area contributed by atoms with Crippen molar-refractivity contribution >= 4 is 35.2 Å². The zero-order chi connectivity index (χ0) is 18.4. The third-order valence-electron chi connectivity index (χ3n) is 3.36. The van der Waals surface area contributed by atoms with E-state index in [4.69, 9.17) is 27.9 Å². The van der Waals surface area contributed by atoms with Gasteiger partial charge in [0.05, 0.1) is 17.7 Å². The van der Waals surface area contributed by atoms with E-state index in [1.807, 2.05) is 0 Å². The van der Waals surface area contributed by atoms with E-state index in [-0.39, 0.29) is 22.6 Å². The molecular formula is C16H21Cl2FN2O3. The summed E-state index contributed by atoms with van der Waals surface area (Å²) in [4.78, 5) is 24.0. The first kappa shape index (κ1) is 20.5. The highest BCUT2D eigenvalue weighted by Crippen LogP contribution is 2.28. The highest BCUT2D eigenvalue weighted by molar-refractivity contribution is 6.35. The molecule has 24 heavy (non-hydrogen) atoms. The van der Waals surface area contributed by atoms with Gasteiger partial charge in [-0.3, -0.25) is 4.79 Å². The Balaban J connectivity index is 2.87. The average molecular weight is 379 g/mol. The van der Waals surface area contributed by atoms with E-state index in [0.717, 1.165) is 0 Å². The number of amides is 2. The first-order valence-electron chi connectivity index (χ1n) is 7.55. The number of rotatable bonds is 6. The summed E-state index contributed by atoms with van der Waals surface area (Å²) in [6.07, 6.45) is -0.672. The number of hydrogen-bond acceptors (Lipinski definition) is 3. The Kier molecular flexibility index (Phi) is 7.76. The molecule has 5 nitrogen and oxygen atoms in total. The number of carbonyl (C=O) groups excluding carboxylic acids is 2. The van der Waals surface area contributed by atoms with E-state index in [1.54, 1.807) is 27.7 Å². The van der Waals surface area contributed by atoms with Crippen LogP contribution in [0.1, 0.15) is 39.3 Å². The van der Waals surface area contributed by atoms with Crippen LogP contribution in [0.3, 0.4) is 0 Å². The van der Waals surface area contributed by atoms with Crippen LogP contribution >= 0.6 is 23.2 Å². The number of carbonyl (C=O) groups is 2. The molecule has 0 aromatic heterocycles. The van der Waals surface area contributed by atoms with Crippen molar-refractivity contribution in [3.8, 4) is 0 Å². The van der Waals surface area contributed by atoms with Gasteiger partial charge in [0.25, 0.3) is 0 Å². The van der Waals surface area contributed by atoms with Gasteiger partial charge in [0, 0.05) is 5.02 Å². The molecule has 0 saturated heterocycles. The monoisotopic (exact) mass is 378 g/mol. The Morgan fingerprint density at radius 2 is 1.79 bits per heavy atom. The zero-order valence-electron chi connectivity index (χ0n) is 14.0. The van der Waals surface area contributed by atoms with Crippen LogP contribution in [0.15, 0.2) is 12.1 Å². The summed E-state index contributed by atoms with van der Waals surface area (Å²) in [6.45, 7) is 7.11. The van der Waals surface area contributed by atoms with Crippen LogP contribution in [0.2, 0.25) is 10.0 Å². The quantitative estimate of drug-likeness (QED) is 0.732. The minimum absolute atomic E-state index is 0.0914. The van der Waals surface area contributed by atoms with Crippen LogP contribution < -0.4 is 10.6 Å². The second kappa shape index (κ2) is 9.08. The summed E-state index contributed by atoms with van der Waals surface area (Å²) in [7, 11) is 0. The molecule has 8 heteroatoms. The average Bonchev–Trinajstić information content (AvgIpc) is 2.48. The largest absolute Gasteiger partial charge is 0.450 e. The first-order valence-corrected chi connectivity index (χ1v) is 8.31. The van der Waals surface area contributed by atoms with E-state index in [0.29, 0.717) is 5.56 Å². The van der Waals surface area contributed by atoms with Gasteiger partial charge in [0.2, 0.25) is 5.91 Å². The molecule has 0 radical (unpaired) electrons. The summed E-state index contributed by atoms with van der Waals surface area (Å²) in [5, 5.41) is 5.37. The SMILES string of the molecule is CCOC(=O)NC(C(=O)NC(C)c1cc(F)c(Cl)cc1Cl)C(C)C. The predicted octanol–water partition coefficient (Wildman–Crippen LogP) is 4.08. The van der Waals surface area contributed by atoms with Gasteiger partial charge in [0.1, 0.15) is 11.9 Å². The van der Waals surface area contributed by atoms with Crippen molar-refractivity contribution in [2.75, 3.05) is 6.61 Å². The second-order valence-corrected chi connectivity index (χ2v) is 6.42. The van der Waals surface area contributed by atoms with Gasteiger partial charge in [0.15, 0.2) is 0 Å². The molecule has 0 spiro atoms. The summed E-state index contributed by atoms with van der Waals surface area (Å²) in [6, 6.07) is 1.11. The molecule has 0 aliphatic carbocycles. The minimum atomic E-state index is -0.789. The third-order valence-corrected chi connectivity index (χ3v) is 3.98. The van der Waals surface area contributed by atoms with E-state index >= 15 is 0 Å². The maximum Gasteiger partial charge on any atom is 0.407 e. The summed E-state index contributed by atoms with van der Waals surface area (Å²) < 4.78 is 18.4. The molecule has 1 aromatic rings. The molecule has 0 fully saturated rings. The zero-order valence-corrected chi connectivity index (χ0v) is 15.5. The maximum atomic E-state index is 13.6. The summed E-state index contributed by atoms with van der Waals surface area (Å²) >= 11 is 11.7. The second-order valence-electron chi connectivity index (χ2n) is 5.60. The molecule has 0 heterocycles. The fourth-order valence-corrected chi connectivity index (χ4v) is 2.63. The normalized spacial score (nSPS) is 13.3. The number of nitrogens with one attached hydrogen (secondary N) is 2. The van der Waals surface area contributed by atoms with Crippen molar-refractivity contribution in [2.45, 2.75) is 39.8 Å². The lowest BCUT2D eigenvalue weighted by molar-refractivity contribution is -0.124. The number of hydrogen-bond donors (Lipinski definition) is 2. The van der Waals surface area contributed by atoms with Crippen LogP contribution in [-0.2, 0) is 9.53 Å². The van der Waals surface area contributed by atoms with Crippen LogP contribution in [-0.4, -0.2) is 24.6 Å². The van der Waals surface area contributed by atoms with Crippen molar-refractivity contribution in [3.05, 3.63) is 33.6 Å². The topological polar surface area (TPSA) is 67.4 Å². The van der Waals surface area contributed by atoms with Gasteiger partial charge in [-0.1, -0.05) is 37.0 Å². The van der Waals surface area contributed by atoms with Crippen LogP contribution in [0.5, 0.6) is 0 Å². The van der Waals surface area contributed by atoms with E-state index in [9.17, 15) is 14.0 Å². The van der Waals surface area contributed by atoms with E-state index in [2.05, 4.69) is 10.6 Å². The molecule has 2 atom stereocenters. The van der Waals surface area contributed by atoms with E-state index in [1.165, 1.54) is 12.1 Å². The van der Waals surface area contributed by atoms with Crippen LogP contribution in [0.4, 0.5) is 9.18 Å². The highest BCUT2D eigenvalue weighted by Gasteiger charge is 2.26. The molecule has 0 aliphatic rings.